The number of nitrogens with zero attached hydrogens (tertiary/aromatic N) is 9. The zero-order chi connectivity index (χ0) is 62.5. The first-order valence-corrected chi connectivity index (χ1v) is 28.5. The molecule has 0 saturated carbocycles. The molecule has 22 heteroatoms. The fourth-order valence-corrected chi connectivity index (χ4v) is 11.0. The summed E-state index contributed by atoms with van der Waals surface area (Å²) in [7, 11) is 0. The topological polar surface area (TPSA) is 169 Å². The van der Waals surface area contributed by atoms with Gasteiger partial charge in [0, 0.05) is 6.54 Å². The van der Waals surface area contributed by atoms with Crippen molar-refractivity contribution in [2.24, 2.45) is 10.8 Å². The predicted molar refractivity (Wildman–Crippen MR) is 315 cm³/mol. The molecular formula is C65H63ClF6N10O5. The highest BCUT2D eigenvalue weighted by molar-refractivity contribution is 6.62. The number of carbonyl (C=O) groups is 5. The number of fused-ring (bicyclic) bond motifs is 2. The van der Waals surface area contributed by atoms with Crippen molar-refractivity contribution in [2.75, 3.05) is 26.4 Å². The van der Waals surface area contributed by atoms with E-state index in [0.29, 0.717) is 12.4 Å². The number of carbonyl (C=O) groups excluding carboxylic acids is 5. The summed E-state index contributed by atoms with van der Waals surface area (Å²) in [6, 6.07) is 34.2. The van der Waals surface area contributed by atoms with Crippen molar-refractivity contribution < 1.29 is 50.3 Å². The van der Waals surface area contributed by atoms with E-state index in [-0.39, 0.29) is 83.3 Å². The molecule has 0 radical (unpaired) electrons. The number of halogens is 7. The first-order valence-electron chi connectivity index (χ1n) is 28.1. The standard InChI is InChI=1S/C33H31ClF3N5O3.C32H32F3N5O2/c1-33(2,3)27(40(32(34)45)16-15-22(18-35)42-30(43)23-11-7-8-12-24(23)31(42)44)29-38-28(25-17-21(36)13-14-26(25)37)39-41(29)19-20-9-5-4-6-10-20;1-32(2,3)27(36-16-15-22(18-33)40-30(41)23-11-7-8-12-24(23)31(40)42)29-37-28(25-17-21(34)13-14-26(25)35)38-39(29)19-20-9-5-4-6-10-20/h4-14,17,22,27H,15-16,18-19H2,1-3H3;4-14,17,22,27,36H,15-16,18-19H2,1-3H3/t2*22-,27-/m00/s1. The molecule has 15 nitrogen and oxygen atoms in total. The number of hydrogen-bond donors (Lipinski definition) is 1. The van der Waals surface area contributed by atoms with Crippen molar-refractivity contribution in [1.29, 1.82) is 0 Å². The van der Waals surface area contributed by atoms with Crippen molar-refractivity contribution in [3.05, 3.63) is 214 Å². The third-order valence-corrected chi connectivity index (χ3v) is 15.3. The fourth-order valence-electron chi connectivity index (χ4n) is 10.8. The molecule has 2 aliphatic rings. The van der Waals surface area contributed by atoms with Gasteiger partial charge in [-0.1, -0.05) is 126 Å². The highest BCUT2D eigenvalue weighted by Gasteiger charge is 2.44. The number of nitrogens with one attached hydrogen (secondary N) is 1. The van der Waals surface area contributed by atoms with Gasteiger partial charge in [0.2, 0.25) is 0 Å². The zero-order valence-electron chi connectivity index (χ0n) is 48.5. The van der Waals surface area contributed by atoms with E-state index in [4.69, 9.17) is 11.6 Å². The molecule has 0 saturated heterocycles. The Morgan fingerprint density at radius 1 is 0.529 bits per heavy atom. The lowest BCUT2D eigenvalue weighted by Gasteiger charge is -2.39. The third-order valence-electron chi connectivity index (χ3n) is 15.1. The summed E-state index contributed by atoms with van der Waals surface area (Å²) < 4.78 is 89.7. The van der Waals surface area contributed by atoms with Crippen LogP contribution in [0.3, 0.4) is 0 Å². The van der Waals surface area contributed by atoms with Crippen molar-refractivity contribution >= 4 is 40.6 Å². The lowest BCUT2D eigenvalue weighted by atomic mass is 9.84. The van der Waals surface area contributed by atoms with Crippen LogP contribution in [-0.4, -0.2) is 112 Å². The van der Waals surface area contributed by atoms with Crippen molar-refractivity contribution in [2.45, 2.75) is 91.6 Å². The average Bonchev–Trinajstić information content (AvgIpc) is 2.38. The highest BCUT2D eigenvalue weighted by Crippen LogP contribution is 2.41. The summed E-state index contributed by atoms with van der Waals surface area (Å²) >= 11 is 6.17. The maximum Gasteiger partial charge on any atom is 0.317 e. The van der Waals surface area contributed by atoms with E-state index in [2.05, 4.69) is 25.5 Å². The van der Waals surface area contributed by atoms with Crippen LogP contribution in [0, 0.1) is 34.1 Å². The van der Waals surface area contributed by atoms with Gasteiger partial charge in [0.25, 0.3) is 23.6 Å². The summed E-state index contributed by atoms with van der Waals surface area (Å²) in [5.41, 5.74) is 1.25. The first-order chi connectivity index (χ1) is 41.5. The molecule has 2 aliphatic heterocycles. The van der Waals surface area contributed by atoms with Crippen LogP contribution in [-0.2, 0) is 13.1 Å². The van der Waals surface area contributed by atoms with E-state index >= 15 is 0 Å². The van der Waals surface area contributed by atoms with E-state index in [1.54, 1.807) is 41.1 Å². The van der Waals surface area contributed by atoms with E-state index in [1.165, 1.54) is 21.7 Å². The Labute approximate surface area is 504 Å². The molecule has 4 heterocycles. The number of imide groups is 2. The highest BCUT2D eigenvalue weighted by atomic mass is 35.5. The molecule has 0 spiro atoms. The smallest absolute Gasteiger partial charge is 0.317 e. The van der Waals surface area contributed by atoms with Crippen molar-refractivity contribution in [3.8, 4) is 22.8 Å². The van der Waals surface area contributed by atoms with Crippen LogP contribution in [0.25, 0.3) is 22.8 Å². The summed E-state index contributed by atoms with van der Waals surface area (Å²) in [5, 5.41) is 11.6. The van der Waals surface area contributed by atoms with Crippen LogP contribution < -0.4 is 5.32 Å². The Morgan fingerprint density at radius 2 is 0.920 bits per heavy atom. The minimum absolute atomic E-state index is 0.0432. The van der Waals surface area contributed by atoms with Gasteiger partial charge in [-0.05, 0) is 114 Å². The lowest BCUT2D eigenvalue weighted by Crippen LogP contribution is -2.46. The number of alkyl halides is 2. The van der Waals surface area contributed by atoms with Gasteiger partial charge in [0.05, 0.1) is 70.6 Å². The minimum atomic E-state index is -1.17. The monoisotopic (exact) mass is 1210 g/mol. The molecule has 4 atom stereocenters. The molecule has 0 bridgehead atoms. The molecule has 6 aromatic carbocycles. The Hall–Kier alpha value is -8.82. The molecule has 8 aromatic rings. The summed E-state index contributed by atoms with van der Waals surface area (Å²) in [5.74, 6) is -4.23. The number of aromatic nitrogens is 6. The zero-order valence-corrected chi connectivity index (χ0v) is 49.3. The van der Waals surface area contributed by atoms with Crippen LogP contribution in [0.1, 0.15) is 131 Å². The summed E-state index contributed by atoms with van der Waals surface area (Å²) in [6.45, 7) is 10.2. The maximum absolute atomic E-state index is 14.9. The van der Waals surface area contributed by atoms with E-state index in [1.807, 2.05) is 102 Å². The van der Waals surface area contributed by atoms with E-state index in [9.17, 15) is 50.3 Å². The molecular weight excluding hydrogens is 1150 g/mol. The third kappa shape index (κ3) is 13.7. The number of amides is 5. The van der Waals surface area contributed by atoms with Gasteiger partial charge < -0.3 is 10.2 Å². The molecule has 2 aromatic heterocycles. The van der Waals surface area contributed by atoms with Crippen LogP contribution in [0.15, 0.2) is 146 Å². The minimum Gasteiger partial charge on any atom is -0.318 e. The molecule has 0 unspecified atom stereocenters. The molecule has 87 heavy (non-hydrogen) atoms. The molecule has 0 aliphatic carbocycles. The van der Waals surface area contributed by atoms with E-state index in [0.717, 1.165) is 57.3 Å². The van der Waals surface area contributed by atoms with Gasteiger partial charge >= 0.3 is 5.37 Å². The molecule has 0 fully saturated rings. The van der Waals surface area contributed by atoms with Gasteiger partial charge in [-0.3, -0.25) is 33.8 Å². The van der Waals surface area contributed by atoms with Gasteiger partial charge in [-0.2, -0.15) is 10.2 Å². The normalized spacial score (nSPS) is 14.6. The van der Waals surface area contributed by atoms with Crippen LogP contribution >= 0.6 is 11.6 Å². The lowest BCUT2D eigenvalue weighted by molar-refractivity contribution is 0.0518. The second-order valence-electron chi connectivity index (χ2n) is 23.3. The van der Waals surface area contributed by atoms with Gasteiger partial charge in [0.1, 0.15) is 42.4 Å². The maximum atomic E-state index is 14.9. The average molecular weight is 1210 g/mol. The van der Waals surface area contributed by atoms with Gasteiger partial charge in [0.15, 0.2) is 17.5 Å². The van der Waals surface area contributed by atoms with Crippen molar-refractivity contribution in [3.63, 3.8) is 0 Å². The van der Waals surface area contributed by atoms with Crippen LogP contribution in [0.5, 0.6) is 0 Å². The van der Waals surface area contributed by atoms with Crippen LogP contribution in [0.2, 0.25) is 0 Å². The van der Waals surface area contributed by atoms with Crippen molar-refractivity contribution in [1.82, 2.24) is 49.5 Å². The quantitative estimate of drug-likeness (QED) is 0.0335. The second-order valence-corrected chi connectivity index (χ2v) is 23.7. The first kappa shape index (κ1) is 62.7. The molecule has 5 amide bonds. The second kappa shape index (κ2) is 26.4. The Morgan fingerprint density at radius 3 is 1.31 bits per heavy atom. The Balaban J connectivity index is 0.000000208. The predicted octanol–water partition coefficient (Wildman–Crippen LogP) is 13.0. The van der Waals surface area contributed by atoms with Gasteiger partial charge in [-0.15, -0.1) is 0 Å². The summed E-state index contributed by atoms with van der Waals surface area (Å²) in [4.78, 5) is 77.5. The Bertz CT molecular complexity index is 3760. The van der Waals surface area contributed by atoms with E-state index < -0.39 is 101 Å². The summed E-state index contributed by atoms with van der Waals surface area (Å²) in [6.07, 6.45) is 0.0396. The van der Waals surface area contributed by atoms with Crippen LogP contribution in [0.4, 0.5) is 31.1 Å². The largest absolute Gasteiger partial charge is 0.318 e. The molecule has 452 valence electrons. The number of hydrogen-bond acceptors (Lipinski definition) is 10. The Kier molecular flexibility index (Phi) is 19.0. The SMILES string of the molecule is CC(C)(C)[C@@H](NCC[C@@H](CF)N1C(=O)c2ccccc2C1=O)c1nc(-c2cc(F)ccc2F)nn1Cc1ccccc1.CC(C)(C)[C@H](c1nc(-c2cc(F)ccc2F)nn1Cc1ccccc1)N(CC[C@@H](CF)N1C(=O)c2ccccc2C1=O)C(=O)Cl. The molecule has 10 rings (SSSR count). The number of benzene rings is 6. The fraction of sp³-hybridized carbons (Fsp3) is 0.308. The number of rotatable bonds is 20. The van der Waals surface area contributed by atoms with Gasteiger partial charge in [-0.25, -0.2) is 45.7 Å². The molecule has 1 N–H and O–H groups in total.